The van der Waals surface area contributed by atoms with Gasteiger partial charge in [0.05, 0.1) is 10.6 Å². The van der Waals surface area contributed by atoms with Crippen LogP contribution in [0.1, 0.15) is 0 Å². The number of rotatable bonds is 5. The van der Waals surface area contributed by atoms with Gasteiger partial charge in [-0.3, -0.25) is 4.72 Å². The van der Waals surface area contributed by atoms with Gasteiger partial charge in [0.15, 0.2) is 5.82 Å². The molecule has 3 aromatic rings. The van der Waals surface area contributed by atoms with E-state index in [4.69, 9.17) is 11.6 Å². The summed E-state index contributed by atoms with van der Waals surface area (Å²) in [5, 5.41) is 12.8. The summed E-state index contributed by atoms with van der Waals surface area (Å²) in [5.74, 6) is 0.473. The first-order valence-electron chi connectivity index (χ1n) is 7.23. The lowest BCUT2D eigenvalue weighted by Crippen LogP contribution is -2.14. The van der Waals surface area contributed by atoms with Crippen molar-refractivity contribution in [3.05, 3.63) is 71.9 Å². The van der Waals surface area contributed by atoms with Crippen molar-refractivity contribution in [2.45, 2.75) is 4.90 Å². The van der Waals surface area contributed by atoms with E-state index in [0.29, 0.717) is 22.2 Å². The second-order valence-corrected chi connectivity index (χ2v) is 7.25. The van der Waals surface area contributed by atoms with Gasteiger partial charge in [0.25, 0.3) is 10.0 Å². The van der Waals surface area contributed by atoms with Gasteiger partial charge in [-0.15, -0.1) is 0 Å². The van der Waals surface area contributed by atoms with Gasteiger partial charge in [-0.2, -0.15) is 0 Å². The minimum absolute atomic E-state index is 0.0938. The van der Waals surface area contributed by atoms with Crippen LogP contribution in [0.3, 0.4) is 0 Å². The molecule has 0 bridgehead atoms. The monoisotopic (exact) mass is 375 g/mol. The highest BCUT2D eigenvalue weighted by Crippen LogP contribution is 2.26. The van der Waals surface area contributed by atoms with E-state index >= 15 is 0 Å². The van der Waals surface area contributed by atoms with Crippen molar-refractivity contribution >= 4 is 38.8 Å². The molecule has 0 saturated carbocycles. The van der Waals surface area contributed by atoms with E-state index < -0.39 is 10.0 Å². The van der Waals surface area contributed by atoms with Gasteiger partial charge in [0.2, 0.25) is 0 Å². The highest BCUT2D eigenvalue weighted by Gasteiger charge is 2.16. The summed E-state index contributed by atoms with van der Waals surface area (Å²) in [6.07, 6.45) is 1.54. The summed E-state index contributed by atoms with van der Waals surface area (Å²) in [6.45, 7) is 0. The average molecular weight is 376 g/mol. The van der Waals surface area contributed by atoms with Crippen LogP contribution in [-0.2, 0) is 10.0 Å². The van der Waals surface area contributed by atoms with Crippen molar-refractivity contribution < 1.29 is 13.5 Å². The van der Waals surface area contributed by atoms with Crippen molar-refractivity contribution in [1.29, 1.82) is 0 Å². The van der Waals surface area contributed by atoms with E-state index in [2.05, 4.69) is 15.0 Å². The quantitative estimate of drug-likeness (QED) is 0.586. The van der Waals surface area contributed by atoms with Crippen LogP contribution >= 0.6 is 11.6 Å². The smallest absolute Gasteiger partial charge is 0.262 e. The Morgan fingerprint density at radius 1 is 0.960 bits per heavy atom. The Labute approximate surface area is 150 Å². The van der Waals surface area contributed by atoms with Crippen molar-refractivity contribution in [2.24, 2.45) is 0 Å². The van der Waals surface area contributed by atoms with Crippen LogP contribution in [0.25, 0.3) is 0 Å². The van der Waals surface area contributed by atoms with Gasteiger partial charge in [0.1, 0.15) is 5.75 Å². The average Bonchev–Trinajstić information content (AvgIpc) is 2.59. The first-order valence-corrected chi connectivity index (χ1v) is 9.10. The summed E-state index contributed by atoms with van der Waals surface area (Å²) in [6, 6.07) is 15.4. The third-order valence-electron chi connectivity index (χ3n) is 3.31. The molecule has 0 spiro atoms. The molecule has 8 heteroatoms. The second-order valence-electron chi connectivity index (χ2n) is 5.13. The topological polar surface area (TPSA) is 91.3 Å². The van der Waals surface area contributed by atoms with E-state index in [0.717, 1.165) is 0 Å². The molecule has 0 aliphatic heterocycles. The number of pyridine rings is 1. The maximum Gasteiger partial charge on any atom is 0.262 e. The number of halogens is 1. The van der Waals surface area contributed by atoms with Gasteiger partial charge < -0.3 is 10.4 Å². The molecule has 0 fully saturated rings. The molecule has 6 nitrogen and oxygen atoms in total. The minimum atomic E-state index is -3.78. The lowest BCUT2D eigenvalue weighted by atomic mass is 10.3. The third kappa shape index (κ3) is 4.20. The molecule has 0 radical (unpaired) electrons. The number of phenols is 1. The molecule has 0 aliphatic rings. The van der Waals surface area contributed by atoms with Crippen molar-refractivity contribution in [1.82, 2.24) is 4.98 Å². The number of nitrogens with one attached hydrogen (secondary N) is 2. The lowest BCUT2D eigenvalue weighted by molar-refractivity contribution is 0.475. The van der Waals surface area contributed by atoms with E-state index in [1.165, 1.54) is 36.4 Å². The maximum atomic E-state index is 12.5. The first kappa shape index (κ1) is 17.1. The second kappa shape index (κ2) is 7.00. The van der Waals surface area contributed by atoms with Gasteiger partial charge in [-0.1, -0.05) is 11.6 Å². The van der Waals surface area contributed by atoms with Crippen molar-refractivity contribution in [3.63, 3.8) is 0 Å². The fourth-order valence-electron chi connectivity index (χ4n) is 2.09. The third-order valence-corrected chi connectivity index (χ3v) is 4.94. The molecule has 0 saturated heterocycles. The summed E-state index contributed by atoms with van der Waals surface area (Å²) in [7, 11) is -3.78. The highest BCUT2D eigenvalue weighted by atomic mass is 35.5. The van der Waals surface area contributed by atoms with Crippen LogP contribution in [0.5, 0.6) is 5.75 Å². The number of aromatic nitrogens is 1. The SMILES string of the molecule is O=S(=O)(Nc1cccnc1Nc1ccc(O)cc1)c1ccc(Cl)cc1. The Hall–Kier alpha value is -2.77. The molecule has 0 unspecified atom stereocenters. The maximum absolute atomic E-state index is 12.5. The molecule has 0 atom stereocenters. The van der Waals surface area contributed by atoms with Gasteiger partial charge >= 0.3 is 0 Å². The Morgan fingerprint density at radius 2 is 1.64 bits per heavy atom. The summed E-state index contributed by atoms with van der Waals surface area (Å²) >= 11 is 5.80. The van der Waals surface area contributed by atoms with Crippen LogP contribution in [0.15, 0.2) is 71.8 Å². The largest absolute Gasteiger partial charge is 0.508 e. The molecule has 2 aromatic carbocycles. The Bertz CT molecular complexity index is 975. The van der Waals surface area contributed by atoms with Crippen LogP contribution in [-0.4, -0.2) is 18.5 Å². The Kier molecular flexibility index (Phi) is 4.78. The number of phenolic OH excluding ortho intramolecular Hbond substituents is 1. The summed E-state index contributed by atoms with van der Waals surface area (Å²) in [4.78, 5) is 4.26. The van der Waals surface area contributed by atoms with E-state index in [-0.39, 0.29) is 10.6 Å². The molecular formula is C17H14ClN3O3S. The van der Waals surface area contributed by atoms with E-state index in [9.17, 15) is 13.5 Å². The van der Waals surface area contributed by atoms with Crippen LogP contribution in [0.4, 0.5) is 17.2 Å². The van der Waals surface area contributed by atoms with E-state index in [1.54, 1.807) is 30.5 Å². The van der Waals surface area contributed by atoms with E-state index in [1.807, 2.05) is 0 Å². The van der Waals surface area contributed by atoms with Crippen molar-refractivity contribution in [3.8, 4) is 5.75 Å². The minimum Gasteiger partial charge on any atom is -0.508 e. The Balaban J connectivity index is 1.87. The Morgan fingerprint density at radius 3 is 2.32 bits per heavy atom. The van der Waals surface area contributed by atoms with Crippen LogP contribution < -0.4 is 10.0 Å². The number of hydrogen-bond donors (Lipinski definition) is 3. The number of nitrogens with zero attached hydrogens (tertiary/aromatic N) is 1. The number of aromatic hydroxyl groups is 1. The fourth-order valence-corrected chi connectivity index (χ4v) is 3.28. The fraction of sp³-hybridized carbons (Fsp3) is 0. The molecule has 0 amide bonds. The van der Waals surface area contributed by atoms with Crippen molar-refractivity contribution in [2.75, 3.05) is 10.0 Å². The zero-order chi connectivity index (χ0) is 17.9. The zero-order valence-corrected chi connectivity index (χ0v) is 14.4. The van der Waals surface area contributed by atoms with Crippen LogP contribution in [0.2, 0.25) is 5.02 Å². The summed E-state index contributed by atoms with van der Waals surface area (Å²) in [5.41, 5.74) is 0.953. The molecular weight excluding hydrogens is 362 g/mol. The molecule has 1 heterocycles. The molecule has 3 rings (SSSR count). The van der Waals surface area contributed by atoms with Gasteiger partial charge in [0, 0.05) is 16.9 Å². The standard InChI is InChI=1S/C17H14ClN3O3S/c18-12-3-9-15(10-4-12)25(23,24)21-16-2-1-11-19-17(16)20-13-5-7-14(22)8-6-13/h1-11,21-22H,(H,19,20). The predicted octanol–water partition coefficient (Wildman–Crippen LogP) is 3.99. The number of hydrogen-bond acceptors (Lipinski definition) is 5. The number of anilines is 3. The molecule has 128 valence electrons. The first-order chi connectivity index (χ1) is 11.9. The summed E-state index contributed by atoms with van der Waals surface area (Å²) < 4.78 is 27.5. The highest BCUT2D eigenvalue weighted by molar-refractivity contribution is 7.92. The predicted molar refractivity (Wildman–Crippen MR) is 97.9 cm³/mol. The molecule has 3 N–H and O–H groups in total. The normalized spacial score (nSPS) is 11.1. The van der Waals surface area contributed by atoms with Crippen LogP contribution in [0, 0.1) is 0 Å². The van der Waals surface area contributed by atoms with Gasteiger partial charge in [-0.05, 0) is 60.7 Å². The molecule has 1 aromatic heterocycles. The number of sulfonamides is 1. The van der Waals surface area contributed by atoms with Gasteiger partial charge in [-0.25, -0.2) is 13.4 Å². The number of benzene rings is 2. The lowest BCUT2D eigenvalue weighted by Gasteiger charge is -2.13. The molecule has 25 heavy (non-hydrogen) atoms. The molecule has 0 aliphatic carbocycles. The zero-order valence-electron chi connectivity index (χ0n) is 12.8.